The third-order valence-corrected chi connectivity index (χ3v) is 4.23. The van der Waals surface area contributed by atoms with Gasteiger partial charge < -0.3 is 10.0 Å². The zero-order valence-corrected chi connectivity index (χ0v) is 10.8. The molecule has 1 atom stereocenters. The van der Waals surface area contributed by atoms with Crippen LogP contribution in [0.25, 0.3) is 0 Å². The van der Waals surface area contributed by atoms with E-state index in [2.05, 4.69) is 0 Å². The minimum atomic E-state index is -0.313. The van der Waals surface area contributed by atoms with Gasteiger partial charge in [-0.3, -0.25) is 9.69 Å². The lowest BCUT2D eigenvalue weighted by Crippen LogP contribution is -2.59. The van der Waals surface area contributed by atoms with E-state index >= 15 is 0 Å². The van der Waals surface area contributed by atoms with Crippen LogP contribution in [-0.2, 0) is 4.79 Å². The first-order chi connectivity index (χ1) is 8.24. The monoisotopic (exact) mass is 240 g/mol. The Kier molecular flexibility index (Phi) is 4.40. The van der Waals surface area contributed by atoms with E-state index in [0.29, 0.717) is 6.04 Å². The summed E-state index contributed by atoms with van der Waals surface area (Å²) in [6.45, 7) is 1.66. The smallest absolute Gasteiger partial charge is 0.242 e. The van der Waals surface area contributed by atoms with Gasteiger partial charge in [0.05, 0.1) is 6.61 Å². The molecule has 1 aliphatic heterocycles. The largest absolute Gasteiger partial charge is 0.394 e. The summed E-state index contributed by atoms with van der Waals surface area (Å²) in [7, 11) is 1.92. The van der Waals surface area contributed by atoms with Crippen LogP contribution in [-0.4, -0.2) is 59.6 Å². The van der Waals surface area contributed by atoms with Gasteiger partial charge in [0.25, 0.3) is 0 Å². The van der Waals surface area contributed by atoms with E-state index < -0.39 is 0 Å². The van der Waals surface area contributed by atoms with Crippen LogP contribution in [0.15, 0.2) is 0 Å². The van der Waals surface area contributed by atoms with E-state index in [9.17, 15) is 9.90 Å². The fourth-order valence-corrected chi connectivity index (χ4v) is 3.06. The predicted molar refractivity (Wildman–Crippen MR) is 66.7 cm³/mol. The maximum Gasteiger partial charge on any atom is 0.242 e. The fourth-order valence-electron chi connectivity index (χ4n) is 3.06. The number of likely N-dealkylation sites (N-methyl/N-ethyl adjacent to an activating group) is 1. The Bertz CT molecular complexity index is 262. The molecular weight excluding hydrogens is 216 g/mol. The summed E-state index contributed by atoms with van der Waals surface area (Å²) in [4.78, 5) is 16.3. The molecule has 1 saturated carbocycles. The summed E-state index contributed by atoms with van der Waals surface area (Å²) >= 11 is 0. The van der Waals surface area contributed by atoms with Crippen molar-refractivity contribution in [2.75, 3.05) is 26.7 Å². The van der Waals surface area contributed by atoms with Crippen molar-refractivity contribution in [1.82, 2.24) is 9.80 Å². The molecule has 0 radical (unpaired) electrons. The Labute approximate surface area is 104 Å². The minimum Gasteiger partial charge on any atom is -0.394 e. The zero-order chi connectivity index (χ0) is 12.3. The molecule has 98 valence electrons. The molecule has 1 saturated heterocycles. The van der Waals surface area contributed by atoms with Gasteiger partial charge in [0.2, 0.25) is 5.91 Å². The van der Waals surface area contributed by atoms with Crippen LogP contribution in [0.3, 0.4) is 0 Å². The molecular formula is C13H24N2O2. The van der Waals surface area contributed by atoms with E-state index in [0.717, 1.165) is 25.9 Å². The number of hydrogen-bond acceptors (Lipinski definition) is 3. The van der Waals surface area contributed by atoms with E-state index in [1.165, 1.54) is 25.7 Å². The summed E-state index contributed by atoms with van der Waals surface area (Å²) in [5.74, 6) is 0.133. The van der Waals surface area contributed by atoms with Crippen LogP contribution >= 0.6 is 0 Å². The molecule has 0 spiro atoms. The lowest BCUT2D eigenvalue weighted by Gasteiger charge is -2.41. The van der Waals surface area contributed by atoms with Crippen molar-refractivity contribution in [1.29, 1.82) is 0 Å². The maximum atomic E-state index is 12.3. The second-order valence-corrected chi connectivity index (χ2v) is 5.36. The predicted octanol–water partition coefficient (Wildman–Crippen LogP) is 0.844. The van der Waals surface area contributed by atoms with Crippen molar-refractivity contribution in [2.24, 2.45) is 0 Å². The van der Waals surface area contributed by atoms with Gasteiger partial charge in [-0.05, 0) is 19.9 Å². The number of nitrogens with zero attached hydrogens (tertiary/aromatic N) is 2. The molecule has 0 aromatic carbocycles. The normalized spacial score (nSPS) is 29.4. The Morgan fingerprint density at radius 1 is 1.18 bits per heavy atom. The van der Waals surface area contributed by atoms with Crippen molar-refractivity contribution in [3.8, 4) is 0 Å². The molecule has 17 heavy (non-hydrogen) atoms. The number of rotatable bonds is 2. The van der Waals surface area contributed by atoms with Crippen LogP contribution in [0.5, 0.6) is 0 Å². The molecule has 2 rings (SSSR count). The Morgan fingerprint density at radius 3 is 2.41 bits per heavy atom. The minimum absolute atomic E-state index is 0.0570. The number of hydrogen-bond donors (Lipinski definition) is 1. The molecule has 1 amide bonds. The van der Waals surface area contributed by atoms with Gasteiger partial charge in [-0.25, -0.2) is 0 Å². The standard InChI is InChI=1S/C13H24N2O2/c1-14-8-9-15(13(17)12(14)10-16)11-6-4-2-3-5-7-11/h11-12,16H,2-10H2,1H3. The Hall–Kier alpha value is -0.610. The number of carbonyl (C=O) groups is 1. The molecule has 4 nitrogen and oxygen atoms in total. The van der Waals surface area contributed by atoms with Crippen LogP contribution in [0, 0.1) is 0 Å². The van der Waals surface area contributed by atoms with Crippen molar-refractivity contribution >= 4 is 5.91 Å². The highest BCUT2D eigenvalue weighted by molar-refractivity contribution is 5.83. The van der Waals surface area contributed by atoms with E-state index in [4.69, 9.17) is 0 Å². The van der Waals surface area contributed by atoms with Gasteiger partial charge in [0.15, 0.2) is 0 Å². The Morgan fingerprint density at radius 2 is 1.82 bits per heavy atom. The quantitative estimate of drug-likeness (QED) is 0.728. The average Bonchev–Trinajstić information content (AvgIpc) is 2.58. The van der Waals surface area contributed by atoms with Crippen molar-refractivity contribution in [3.05, 3.63) is 0 Å². The van der Waals surface area contributed by atoms with Crippen LogP contribution in [0.2, 0.25) is 0 Å². The molecule has 1 aliphatic carbocycles. The lowest BCUT2D eigenvalue weighted by atomic mass is 10.0. The lowest BCUT2D eigenvalue weighted by molar-refractivity contribution is -0.145. The number of piperazine rings is 1. The molecule has 4 heteroatoms. The van der Waals surface area contributed by atoms with Gasteiger partial charge >= 0.3 is 0 Å². The van der Waals surface area contributed by atoms with Gasteiger partial charge in [-0.2, -0.15) is 0 Å². The van der Waals surface area contributed by atoms with Crippen molar-refractivity contribution < 1.29 is 9.90 Å². The zero-order valence-electron chi connectivity index (χ0n) is 10.8. The highest BCUT2D eigenvalue weighted by atomic mass is 16.3. The van der Waals surface area contributed by atoms with E-state index in [1.54, 1.807) is 0 Å². The highest BCUT2D eigenvalue weighted by Gasteiger charge is 2.35. The molecule has 2 aliphatic rings. The van der Waals surface area contributed by atoms with Crippen LogP contribution in [0.4, 0.5) is 0 Å². The molecule has 1 N–H and O–H groups in total. The molecule has 0 aromatic heterocycles. The topological polar surface area (TPSA) is 43.8 Å². The summed E-state index contributed by atoms with van der Waals surface area (Å²) in [6, 6.07) is 0.111. The molecule has 0 bridgehead atoms. The van der Waals surface area contributed by atoms with Crippen LogP contribution in [0.1, 0.15) is 38.5 Å². The third-order valence-electron chi connectivity index (χ3n) is 4.23. The summed E-state index contributed by atoms with van der Waals surface area (Å²) < 4.78 is 0. The number of amides is 1. The van der Waals surface area contributed by atoms with Gasteiger partial charge in [-0.15, -0.1) is 0 Å². The molecule has 0 aromatic rings. The second kappa shape index (κ2) is 5.83. The first kappa shape index (κ1) is 12.8. The second-order valence-electron chi connectivity index (χ2n) is 5.36. The molecule has 1 unspecified atom stereocenters. The van der Waals surface area contributed by atoms with Gasteiger partial charge in [0, 0.05) is 19.1 Å². The third kappa shape index (κ3) is 2.80. The fraction of sp³-hybridized carbons (Fsp3) is 0.923. The number of carbonyl (C=O) groups excluding carboxylic acids is 1. The summed E-state index contributed by atoms with van der Waals surface area (Å²) in [5.41, 5.74) is 0. The molecule has 1 heterocycles. The van der Waals surface area contributed by atoms with Crippen molar-refractivity contribution in [2.45, 2.75) is 50.6 Å². The SMILES string of the molecule is CN1CCN(C2CCCCCC2)C(=O)C1CO. The summed E-state index contributed by atoms with van der Waals surface area (Å²) in [5, 5.41) is 9.31. The number of aliphatic hydroxyl groups excluding tert-OH is 1. The van der Waals surface area contributed by atoms with Gasteiger partial charge in [-0.1, -0.05) is 25.7 Å². The van der Waals surface area contributed by atoms with E-state index in [-0.39, 0.29) is 18.6 Å². The summed E-state index contributed by atoms with van der Waals surface area (Å²) in [6.07, 6.45) is 7.40. The van der Waals surface area contributed by atoms with Crippen LogP contribution < -0.4 is 0 Å². The molecule has 2 fully saturated rings. The Balaban J connectivity index is 2.02. The maximum absolute atomic E-state index is 12.3. The van der Waals surface area contributed by atoms with Crippen molar-refractivity contribution in [3.63, 3.8) is 0 Å². The van der Waals surface area contributed by atoms with Gasteiger partial charge in [0.1, 0.15) is 6.04 Å². The first-order valence-electron chi connectivity index (χ1n) is 6.85. The van der Waals surface area contributed by atoms with E-state index in [1.807, 2.05) is 16.8 Å². The first-order valence-corrected chi connectivity index (χ1v) is 6.85. The average molecular weight is 240 g/mol. The highest BCUT2D eigenvalue weighted by Crippen LogP contribution is 2.24. The number of aliphatic hydroxyl groups is 1.